The Morgan fingerprint density at radius 3 is 1.65 bits per heavy atom. The molecule has 0 aliphatic heterocycles. The average molecular weight is 899 g/mol. The zero-order chi connectivity index (χ0) is 40.4. The molecule has 0 aliphatic rings. The molecule has 54 heavy (non-hydrogen) atoms. The number of aliphatic hydroxyl groups excluding tert-OH is 1. The molecule has 0 atom stereocenters. The quantitative estimate of drug-likeness (QED) is 0.0892. The van der Waals surface area contributed by atoms with Crippen molar-refractivity contribution in [1.82, 2.24) is 9.97 Å². The summed E-state index contributed by atoms with van der Waals surface area (Å²) >= 11 is 0. The topological polar surface area (TPSA) is 63.1 Å². The van der Waals surface area contributed by atoms with Gasteiger partial charge in [0, 0.05) is 50.4 Å². The van der Waals surface area contributed by atoms with Crippen LogP contribution in [-0.4, -0.2) is 20.9 Å². The van der Waals surface area contributed by atoms with E-state index in [0.29, 0.717) is 0 Å². The van der Waals surface area contributed by atoms with Crippen LogP contribution in [0.25, 0.3) is 44.1 Å². The number of rotatable bonds is 9. The third-order valence-corrected chi connectivity index (χ3v) is 9.60. The number of pyridine rings is 2. The zero-order valence-electron chi connectivity index (χ0n) is 35.6. The molecular weight excluding hydrogens is 841 g/mol. The molecule has 0 saturated heterocycles. The van der Waals surface area contributed by atoms with E-state index in [0.717, 1.165) is 81.2 Å². The molecular formula is C49H56IrN2O2-2. The molecule has 1 radical (unpaired) electrons. The van der Waals surface area contributed by atoms with Gasteiger partial charge in [-0.2, -0.15) is 0 Å². The van der Waals surface area contributed by atoms with Crippen molar-refractivity contribution >= 4 is 27.3 Å². The monoisotopic (exact) mass is 899 g/mol. The summed E-state index contributed by atoms with van der Waals surface area (Å²) in [7, 11) is 0. The van der Waals surface area contributed by atoms with E-state index in [4.69, 9.17) is 2.74 Å². The molecule has 6 rings (SSSR count). The summed E-state index contributed by atoms with van der Waals surface area (Å²) in [5.74, 6) is 0.547. The Morgan fingerprint density at radius 2 is 1.15 bits per heavy atom. The number of fused-ring (bicyclic) bond motifs is 2. The molecule has 4 aromatic carbocycles. The second kappa shape index (κ2) is 20.9. The third kappa shape index (κ3) is 11.8. The number of carbonyl (C=O) groups is 1. The predicted molar refractivity (Wildman–Crippen MR) is 224 cm³/mol. The third-order valence-electron chi connectivity index (χ3n) is 9.60. The Morgan fingerprint density at radius 1 is 0.667 bits per heavy atom. The molecule has 285 valence electrons. The molecule has 4 nitrogen and oxygen atoms in total. The van der Waals surface area contributed by atoms with Gasteiger partial charge in [-0.05, 0) is 84.6 Å². The van der Waals surface area contributed by atoms with Gasteiger partial charge in [-0.15, -0.1) is 69.8 Å². The van der Waals surface area contributed by atoms with E-state index in [1.807, 2.05) is 78.9 Å². The van der Waals surface area contributed by atoms with Crippen LogP contribution in [0, 0.1) is 65.5 Å². The van der Waals surface area contributed by atoms with Crippen LogP contribution in [0.3, 0.4) is 0 Å². The summed E-state index contributed by atoms with van der Waals surface area (Å²) in [6.45, 7) is 20.4. The van der Waals surface area contributed by atoms with Crippen LogP contribution >= 0.6 is 0 Å². The van der Waals surface area contributed by atoms with Gasteiger partial charge in [0.25, 0.3) is 0 Å². The number of allylic oxidation sites excluding steroid dienone is 2. The molecule has 1 N–H and O–H groups in total. The fraction of sp³-hybridized carbons (Fsp3) is 0.327. The molecule has 0 amide bonds. The number of hydrogen-bond acceptors (Lipinski definition) is 4. The number of nitrogens with zero attached hydrogens (tertiary/aromatic N) is 2. The summed E-state index contributed by atoms with van der Waals surface area (Å²) in [6.07, 6.45) is 6.79. The molecule has 0 bridgehead atoms. The van der Waals surface area contributed by atoms with Gasteiger partial charge in [0.1, 0.15) is 0 Å². The van der Waals surface area contributed by atoms with E-state index in [1.165, 1.54) is 28.0 Å². The molecule has 6 aromatic rings. The van der Waals surface area contributed by atoms with E-state index in [9.17, 15) is 9.90 Å². The summed E-state index contributed by atoms with van der Waals surface area (Å²) in [6, 6.07) is 29.8. The number of aromatic nitrogens is 2. The first-order chi connectivity index (χ1) is 26.2. The Hall–Kier alpha value is -4.44. The second-order valence-corrected chi connectivity index (χ2v) is 14.1. The maximum Gasteiger partial charge on any atom is 0.162 e. The number of hydrogen-bond donors (Lipinski definition) is 1. The standard InChI is InChI=1S/2C18H16N.C13H24O2.Ir/c2*1-12-4-5-17-15(9-12)6-7-19-18(17)16-10-13(2)8-14(3)11-16;1-5-10(6-2)12(14)9-13(15)11(7-3)8-4;/h2*4-10H,1-3H3;9-11,14H,5-8H2,1-4H3;/q2*-1;;/b;;12-9-;/i6D,7D;;;. The molecule has 0 spiro atoms. The van der Waals surface area contributed by atoms with Crippen molar-refractivity contribution in [2.45, 2.75) is 94.9 Å². The summed E-state index contributed by atoms with van der Waals surface area (Å²) in [4.78, 5) is 20.6. The normalized spacial score (nSPS) is 11.7. The van der Waals surface area contributed by atoms with E-state index in [1.54, 1.807) is 0 Å². The van der Waals surface area contributed by atoms with Crippen LogP contribution in [0.2, 0.25) is 0 Å². The SMILES string of the molecule is CCC(CC)C(=O)/C=C(\O)C(CC)CC.Cc1[c-]c(-c2nccc3cc(C)ccc23)cc(C)c1.[2H]c1nc(-c2[c-]c(C)cc(C)c2)c2ccc(C)cc2c1[2H].[Ir]. The number of aryl methyl sites for hydroxylation is 6. The van der Waals surface area contributed by atoms with Crippen molar-refractivity contribution < 1.29 is 32.7 Å². The van der Waals surface area contributed by atoms with Gasteiger partial charge in [-0.1, -0.05) is 103 Å². The van der Waals surface area contributed by atoms with Gasteiger partial charge >= 0.3 is 0 Å². The Balaban J connectivity index is 0.000000227. The van der Waals surface area contributed by atoms with Gasteiger partial charge in [-0.25, -0.2) is 0 Å². The second-order valence-electron chi connectivity index (χ2n) is 14.1. The number of carbonyl (C=O) groups excluding carboxylic acids is 1. The summed E-state index contributed by atoms with van der Waals surface area (Å²) < 4.78 is 16.0. The number of ketones is 1. The van der Waals surface area contributed by atoms with Gasteiger partial charge in [0.15, 0.2) is 5.78 Å². The van der Waals surface area contributed by atoms with Gasteiger partial charge in [0.05, 0.1) is 8.50 Å². The first-order valence-corrected chi connectivity index (χ1v) is 18.9. The van der Waals surface area contributed by atoms with Crippen molar-refractivity contribution in [3.05, 3.63) is 142 Å². The minimum Gasteiger partial charge on any atom is -0.512 e. The van der Waals surface area contributed by atoms with Crippen molar-refractivity contribution in [3.8, 4) is 22.5 Å². The number of benzene rings is 4. The molecule has 0 aliphatic carbocycles. The van der Waals surface area contributed by atoms with Gasteiger partial charge in [0.2, 0.25) is 0 Å². The Kier molecular flexibility index (Phi) is 15.7. The van der Waals surface area contributed by atoms with Crippen molar-refractivity contribution in [2.75, 3.05) is 0 Å². The average Bonchev–Trinajstić information content (AvgIpc) is 3.13. The van der Waals surface area contributed by atoms with Crippen LogP contribution in [0.15, 0.2) is 97.0 Å². The Bertz CT molecular complexity index is 2270. The summed E-state index contributed by atoms with van der Waals surface area (Å²) in [5.41, 5.74) is 10.7. The first kappa shape index (κ1) is 40.7. The summed E-state index contributed by atoms with van der Waals surface area (Å²) in [5, 5.41) is 13.9. The molecule has 5 heteroatoms. The van der Waals surface area contributed by atoms with Crippen molar-refractivity contribution in [3.63, 3.8) is 0 Å². The molecule has 2 aromatic heterocycles. The van der Waals surface area contributed by atoms with E-state index < -0.39 is 0 Å². The minimum absolute atomic E-state index is 0. The fourth-order valence-corrected chi connectivity index (χ4v) is 6.72. The van der Waals surface area contributed by atoms with E-state index in [2.05, 4.69) is 85.3 Å². The van der Waals surface area contributed by atoms with E-state index in [-0.39, 0.29) is 55.7 Å². The maximum atomic E-state index is 11.7. The van der Waals surface area contributed by atoms with Crippen LogP contribution in [0.5, 0.6) is 0 Å². The van der Waals surface area contributed by atoms with Crippen LogP contribution < -0.4 is 0 Å². The van der Waals surface area contributed by atoms with Crippen LogP contribution in [0.1, 0.15) is 89.5 Å². The maximum absolute atomic E-state index is 11.7. The molecule has 0 fully saturated rings. The molecule has 0 saturated carbocycles. The minimum atomic E-state index is 0. The smallest absolute Gasteiger partial charge is 0.162 e. The van der Waals surface area contributed by atoms with Crippen molar-refractivity contribution in [1.29, 1.82) is 0 Å². The van der Waals surface area contributed by atoms with Crippen LogP contribution in [-0.2, 0) is 24.9 Å². The molecule has 0 unspecified atom stereocenters. The van der Waals surface area contributed by atoms with Crippen molar-refractivity contribution in [2.24, 2.45) is 11.8 Å². The number of aliphatic hydroxyl groups is 1. The van der Waals surface area contributed by atoms with Gasteiger partial charge < -0.3 is 15.1 Å². The Labute approximate surface area is 340 Å². The van der Waals surface area contributed by atoms with E-state index >= 15 is 0 Å². The largest absolute Gasteiger partial charge is 0.512 e. The zero-order valence-corrected chi connectivity index (χ0v) is 36.0. The fourth-order valence-electron chi connectivity index (χ4n) is 6.72. The first-order valence-electron chi connectivity index (χ1n) is 19.9. The predicted octanol–water partition coefficient (Wildman–Crippen LogP) is 13.1. The van der Waals surface area contributed by atoms with Crippen LogP contribution in [0.4, 0.5) is 0 Å². The molecule has 2 heterocycles. The van der Waals surface area contributed by atoms with Gasteiger partial charge in [-0.3, -0.25) is 4.79 Å².